The van der Waals surface area contributed by atoms with Gasteiger partial charge in [0, 0.05) is 30.6 Å². The normalized spacial score (nSPS) is 17.2. The Morgan fingerprint density at radius 1 is 1.23 bits per heavy atom. The Bertz CT molecular complexity index is 1270. The number of piperidine rings is 1. The Labute approximate surface area is 199 Å². The first-order valence-corrected chi connectivity index (χ1v) is 11.0. The number of rotatable bonds is 6. The van der Waals surface area contributed by atoms with Gasteiger partial charge in [-0.2, -0.15) is 13.9 Å². The predicted molar refractivity (Wildman–Crippen MR) is 124 cm³/mol. The average Bonchev–Trinajstić information content (AvgIpc) is 3.16. The molecule has 2 aromatic carbocycles. The van der Waals surface area contributed by atoms with Crippen molar-refractivity contribution in [3.63, 3.8) is 0 Å². The van der Waals surface area contributed by atoms with E-state index >= 15 is 0 Å². The maximum Gasteiger partial charge on any atom is 0.304 e. The van der Waals surface area contributed by atoms with Crippen LogP contribution in [0.25, 0.3) is 11.3 Å². The van der Waals surface area contributed by atoms with Gasteiger partial charge in [0.25, 0.3) is 11.8 Å². The number of amides is 2. The molecule has 0 aliphatic carbocycles. The van der Waals surface area contributed by atoms with E-state index in [2.05, 4.69) is 15.7 Å². The van der Waals surface area contributed by atoms with Crippen molar-refractivity contribution < 1.29 is 22.8 Å². The second-order valence-electron chi connectivity index (χ2n) is 8.53. The molecule has 184 valence electrons. The number of aryl methyl sites for hydroxylation is 1. The second-order valence-corrected chi connectivity index (χ2v) is 8.53. The summed E-state index contributed by atoms with van der Waals surface area (Å²) in [6.07, 6.45) is -0.150. The number of anilines is 1. The molecule has 0 radical (unpaired) electrons. The lowest BCUT2D eigenvalue weighted by molar-refractivity contribution is -0.0726. The molecule has 3 aromatic rings. The van der Waals surface area contributed by atoms with Crippen LogP contribution < -0.4 is 22.1 Å². The van der Waals surface area contributed by atoms with Gasteiger partial charge in [0.1, 0.15) is 22.9 Å². The van der Waals surface area contributed by atoms with Crippen molar-refractivity contribution in [3.05, 3.63) is 70.5 Å². The summed E-state index contributed by atoms with van der Waals surface area (Å²) in [5.41, 5.74) is 14.0. The van der Waals surface area contributed by atoms with Crippen LogP contribution in [0.3, 0.4) is 0 Å². The third kappa shape index (κ3) is 5.14. The Hall–Kier alpha value is -3.86. The van der Waals surface area contributed by atoms with Crippen molar-refractivity contribution >= 4 is 17.6 Å². The lowest BCUT2D eigenvalue weighted by atomic mass is 10.0. The molecule has 4 rings (SSSR count). The molecular formula is C24H25F3N6O2. The number of hydrogen-bond acceptors (Lipinski definition) is 5. The van der Waals surface area contributed by atoms with Gasteiger partial charge in [-0.1, -0.05) is 30.3 Å². The third-order valence-electron chi connectivity index (χ3n) is 6.02. The van der Waals surface area contributed by atoms with Crippen LogP contribution in [-0.2, 0) is 6.54 Å². The fourth-order valence-corrected chi connectivity index (χ4v) is 4.17. The van der Waals surface area contributed by atoms with Crippen molar-refractivity contribution in [2.75, 3.05) is 12.3 Å². The van der Waals surface area contributed by atoms with Crippen LogP contribution in [-0.4, -0.2) is 34.2 Å². The van der Waals surface area contributed by atoms with E-state index in [4.69, 9.17) is 11.5 Å². The van der Waals surface area contributed by atoms with E-state index in [-0.39, 0.29) is 35.7 Å². The summed E-state index contributed by atoms with van der Waals surface area (Å²) in [5.74, 6) is -1.78. The minimum absolute atomic E-state index is 0.0329. The number of nitrogen functional groups attached to an aromatic ring is 1. The molecule has 1 aliphatic heterocycles. The summed E-state index contributed by atoms with van der Waals surface area (Å²) in [6, 6.07) is 7.01. The van der Waals surface area contributed by atoms with Crippen LogP contribution in [0.5, 0.6) is 0 Å². The maximum atomic E-state index is 13.9. The van der Waals surface area contributed by atoms with Gasteiger partial charge in [-0.15, -0.1) is 0 Å². The molecule has 0 spiro atoms. The molecule has 0 saturated carbocycles. The van der Waals surface area contributed by atoms with E-state index < -0.39 is 36.1 Å². The van der Waals surface area contributed by atoms with Crippen molar-refractivity contribution in [2.45, 2.75) is 38.4 Å². The number of halogens is 3. The highest BCUT2D eigenvalue weighted by Gasteiger charge is 2.38. The summed E-state index contributed by atoms with van der Waals surface area (Å²) in [6.45, 7) is 1.97. The summed E-state index contributed by atoms with van der Waals surface area (Å²) >= 11 is 0. The van der Waals surface area contributed by atoms with Gasteiger partial charge in [0.2, 0.25) is 0 Å². The first kappa shape index (κ1) is 24.3. The van der Waals surface area contributed by atoms with Gasteiger partial charge >= 0.3 is 6.05 Å². The number of carbonyl (C=O) groups is 2. The largest absolute Gasteiger partial charge is 0.383 e. The number of nitrogens with zero attached hydrogens (tertiary/aromatic N) is 2. The highest BCUT2D eigenvalue weighted by atomic mass is 19.3. The molecule has 11 heteroatoms. The van der Waals surface area contributed by atoms with Gasteiger partial charge < -0.3 is 16.8 Å². The second kappa shape index (κ2) is 9.41. The van der Waals surface area contributed by atoms with Crippen LogP contribution in [0.4, 0.5) is 19.0 Å². The summed E-state index contributed by atoms with van der Waals surface area (Å²) in [5, 5.41) is 9.26. The molecule has 2 heterocycles. The minimum atomic E-state index is -3.06. The van der Waals surface area contributed by atoms with Gasteiger partial charge in [-0.05, 0) is 36.6 Å². The Morgan fingerprint density at radius 2 is 1.94 bits per heavy atom. The minimum Gasteiger partial charge on any atom is -0.383 e. The van der Waals surface area contributed by atoms with E-state index in [1.165, 1.54) is 22.9 Å². The number of carbonyl (C=O) groups excluding carboxylic acids is 2. The average molecular weight is 486 g/mol. The number of benzene rings is 2. The summed E-state index contributed by atoms with van der Waals surface area (Å²) in [4.78, 5) is 24.5. The molecule has 6 N–H and O–H groups in total. The first-order chi connectivity index (χ1) is 16.6. The zero-order chi connectivity index (χ0) is 25.3. The van der Waals surface area contributed by atoms with E-state index in [1.807, 2.05) is 0 Å². The molecule has 1 fully saturated rings. The third-order valence-corrected chi connectivity index (χ3v) is 6.02. The summed E-state index contributed by atoms with van der Waals surface area (Å²) < 4.78 is 42.4. The van der Waals surface area contributed by atoms with E-state index in [0.29, 0.717) is 17.5 Å². The van der Waals surface area contributed by atoms with Gasteiger partial charge in [0.05, 0.1) is 6.04 Å². The summed E-state index contributed by atoms with van der Waals surface area (Å²) in [7, 11) is 0. The SMILES string of the molecule is Cc1ccc(F)cc1C(=O)NCc1ccc(-c2nn(C3CCNC(F)(F)C3)c(N)c2C(N)=O)cc1. The quantitative estimate of drug-likeness (QED) is 0.398. The van der Waals surface area contributed by atoms with Gasteiger partial charge in [-0.25, -0.2) is 9.07 Å². The monoisotopic (exact) mass is 486 g/mol. The first-order valence-electron chi connectivity index (χ1n) is 11.0. The molecule has 35 heavy (non-hydrogen) atoms. The highest BCUT2D eigenvalue weighted by molar-refractivity contribution is 6.03. The van der Waals surface area contributed by atoms with Crippen molar-refractivity contribution in [1.82, 2.24) is 20.4 Å². The molecular weight excluding hydrogens is 461 g/mol. The lowest BCUT2D eigenvalue weighted by Gasteiger charge is -2.30. The number of nitrogens with two attached hydrogens (primary N) is 2. The molecule has 1 unspecified atom stereocenters. The van der Waals surface area contributed by atoms with Crippen LogP contribution in [0.1, 0.15) is 50.7 Å². The molecule has 1 aromatic heterocycles. The maximum absolute atomic E-state index is 13.9. The highest BCUT2D eigenvalue weighted by Crippen LogP contribution is 2.35. The number of hydrogen-bond donors (Lipinski definition) is 4. The van der Waals surface area contributed by atoms with Crippen LogP contribution in [0.15, 0.2) is 42.5 Å². The molecule has 1 aliphatic rings. The van der Waals surface area contributed by atoms with E-state index in [9.17, 15) is 22.8 Å². The molecule has 2 amide bonds. The Morgan fingerprint density at radius 3 is 2.60 bits per heavy atom. The van der Waals surface area contributed by atoms with Gasteiger partial charge in [-0.3, -0.25) is 14.9 Å². The fourth-order valence-electron chi connectivity index (χ4n) is 4.17. The number of primary amides is 1. The molecule has 1 saturated heterocycles. The predicted octanol–water partition coefficient (Wildman–Crippen LogP) is 3.13. The topological polar surface area (TPSA) is 128 Å². The Balaban J connectivity index is 1.54. The lowest BCUT2D eigenvalue weighted by Crippen LogP contribution is -2.44. The smallest absolute Gasteiger partial charge is 0.304 e. The van der Waals surface area contributed by atoms with Crippen molar-refractivity contribution in [2.24, 2.45) is 5.73 Å². The molecule has 1 atom stereocenters. The van der Waals surface area contributed by atoms with E-state index in [1.54, 1.807) is 31.2 Å². The molecule has 8 nitrogen and oxygen atoms in total. The standard InChI is InChI=1S/C24H25F3N6O2/c1-13-2-7-16(25)10-18(13)23(35)30-12-14-3-5-15(6-4-14)20-19(22(29)34)21(28)33(32-20)17-8-9-31-24(26,27)11-17/h2-7,10,17,31H,8-9,11-12,28H2,1H3,(H2,29,34)(H,30,35). The molecule has 0 bridgehead atoms. The van der Waals surface area contributed by atoms with Crippen molar-refractivity contribution in [3.8, 4) is 11.3 Å². The Kier molecular flexibility index (Phi) is 6.53. The van der Waals surface area contributed by atoms with E-state index in [0.717, 1.165) is 5.56 Å². The van der Waals surface area contributed by atoms with Crippen molar-refractivity contribution in [1.29, 1.82) is 0 Å². The number of alkyl halides is 2. The van der Waals surface area contributed by atoms with Crippen LogP contribution in [0.2, 0.25) is 0 Å². The number of nitrogens with one attached hydrogen (secondary N) is 2. The van der Waals surface area contributed by atoms with Gasteiger partial charge in [0.15, 0.2) is 0 Å². The zero-order valence-electron chi connectivity index (χ0n) is 18.9. The number of aromatic nitrogens is 2. The zero-order valence-corrected chi connectivity index (χ0v) is 18.9. The fraction of sp³-hybridized carbons (Fsp3) is 0.292. The van der Waals surface area contributed by atoms with Crippen LogP contribution in [0, 0.1) is 12.7 Å². The van der Waals surface area contributed by atoms with Crippen LogP contribution >= 0.6 is 0 Å².